The van der Waals surface area contributed by atoms with Gasteiger partial charge in [-0.2, -0.15) is 0 Å². The number of ether oxygens (including phenoxy) is 1. The first-order chi connectivity index (χ1) is 13.7. The van der Waals surface area contributed by atoms with Crippen molar-refractivity contribution in [3.05, 3.63) is 70.9 Å². The Labute approximate surface area is 161 Å². The molecule has 0 aliphatic heterocycles. The highest BCUT2D eigenvalue weighted by Gasteiger charge is 2.09. The third-order valence-corrected chi connectivity index (χ3v) is 4.74. The highest BCUT2D eigenvalue weighted by molar-refractivity contribution is 5.85. The summed E-state index contributed by atoms with van der Waals surface area (Å²) in [6.45, 7) is 0.414. The van der Waals surface area contributed by atoms with Crippen LogP contribution in [0.5, 0.6) is 5.75 Å². The number of nitrogens with one attached hydrogen (secondary N) is 2. The number of hydrogen-bond acceptors (Lipinski definition) is 4. The molecule has 0 fully saturated rings. The molecule has 0 bridgehead atoms. The largest absolute Gasteiger partial charge is 0.497 e. The van der Waals surface area contributed by atoms with Crippen LogP contribution in [-0.4, -0.2) is 34.1 Å². The van der Waals surface area contributed by atoms with Gasteiger partial charge >= 0.3 is 0 Å². The van der Waals surface area contributed by atoms with Crippen LogP contribution in [0.2, 0.25) is 0 Å². The van der Waals surface area contributed by atoms with E-state index in [1.165, 1.54) is 10.9 Å². The topological polar surface area (TPSA) is 89.0 Å². The molecule has 7 nitrogen and oxygen atoms in total. The number of aromatic nitrogens is 3. The lowest BCUT2D eigenvalue weighted by Crippen LogP contribution is -2.33. The van der Waals surface area contributed by atoms with Crippen LogP contribution < -0.4 is 15.6 Å². The number of hydrogen-bond donors (Lipinski definition) is 2. The standard InChI is InChI=1S/C21H20N4O3/c1-28-15-6-7-19-17(10-15)14(11-23-19)8-9-22-20(26)12-25-13-24-18-5-3-2-4-16(18)21(25)27/h2-7,10-11,13,23H,8-9,12H2,1H3,(H,22,26). The van der Waals surface area contributed by atoms with Gasteiger partial charge < -0.3 is 15.0 Å². The lowest BCUT2D eigenvalue weighted by Gasteiger charge is -2.08. The lowest BCUT2D eigenvalue weighted by molar-refractivity contribution is -0.121. The Kier molecular flexibility index (Phi) is 4.80. The van der Waals surface area contributed by atoms with Crippen LogP contribution >= 0.6 is 0 Å². The van der Waals surface area contributed by atoms with Crippen LogP contribution in [0.1, 0.15) is 5.56 Å². The number of carbonyl (C=O) groups is 1. The molecule has 0 radical (unpaired) electrons. The Hall–Kier alpha value is -3.61. The zero-order valence-corrected chi connectivity index (χ0v) is 15.4. The summed E-state index contributed by atoms with van der Waals surface area (Å²) in [5.74, 6) is 0.567. The number of methoxy groups -OCH3 is 1. The molecule has 2 aromatic carbocycles. The van der Waals surface area contributed by atoms with Gasteiger partial charge in [0.1, 0.15) is 12.3 Å². The maximum atomic E-state index is 12.5. The van der Waals surface area contributed by atoms with Crippen molar-refractivity contribution in [2.24, 2.45) is 0 Å². The highest BCUT2D eigenvalue weighted by Crippen LogP contribution is 2.23. The third kappa shape index (κ3) is 3.46. The predicted molar refractivity (Wildman–Crippen MR) is 108 cm³/mol. The van der Waals surface area contributed by atoms with E-state index in [4.69, 9.17) is 4.74 Å². The molecule has 28 heavy (non-hydrogen) atoms. The zero-order valence-electron chi connectivity index (χ0n) is 15.4. The summed E-state index contributed by atoms with van der Waals surface area (Å²) in [6.07, 6.45) is 4.02. The van der Waals surface area contributed by atoms with Crippen LogP contribution in [-0.2, 0) is 17.8 Å². The van der Waals surface area contributed by atoms with Gasteiger partial charge in [0.25, 0.3) is 5.56 Å². The average molecular weight is 376 g/mol. The molecule has 1 amide bonds. The first kappa shape index (κ1) is 17.8. The number of para-hydroxylation sites is 1. The quantitative estimate of drug-likeness (QED) is 0.540. The summed E-state index contributed by atoms with van der Waals surface area (Å²) in [6, 6.07) is 12.9. The van der Waals surface area contributed by atoms with E-state index < -0.39 is 0 Å². The molecule has 0 spiro atoms. The number of benzene rings is 2. The molecule has 0 atom stereocenters. The lowest BCUT2D eigenvalue weighted by atomic mass is 10.1. The molecule has 0 aliphatic carbocycles. The number of fused-ring (bicyclic) bond motifs is 2. The number of aromatic amines is 1. The second kappa shape index (κ2) is 7.56. The van der Waals surface area contributed by atoms with Crippen molar-refractivity contribution in [1.29, 1.82) is 0 Å². The molecule has 0 aliphatic rings. The summed E-state index contributed by atoms with van der Waals surface area (Å²) in [7, 11) is 1.64. The minimum absolute atomic E-state index is 0.0572. The molecule has 0 saturated carbocycles. The van der Waals surface area contributed by atoms with Gasteiger partial charge in [-0.15, -0.1) is 0 Å². The number of rotatable bonds is 6. The summed E-state index contributed by atoms with van der Waals surface area (Å²) in [4.78, 5) is 32.2. The monoisotopic (exact) mass is 376 g/mol. The fraction of sp³-hybridized carbons (Fsp3) is 0.190. The van der Waals surface area contributed by atoms with E-state index in [2.05, 4.69) is 15.3 Å². The number of carbonyl (C=O) groups excluding carboxylic acids is 1. The summed E-state index contributed by atoms with van der Waals surface area (Å²) >= 11 is 0. The molecule has 0 unspecified atom stereocenters. The van der Waals surface area contributed by atoms with Crippen molar-refractivity contribution < 1.29 is 9.53 Å². The van der Waals surface area contributed by atoms with Crippen molar-refractivity contribution in [1.82, 2.24) is 19.9 Å². The summed E-state index contributed by atoms with van der Waals surface area (Å²) in [5, 5.41) is 4.44. The first-order valence-electron chi connectivity index (χ1n) is 9.00. The van der Waals surface area contributed by atoms with Crippen molar-refractivity contribution in [3.63, 3.8) is 0 Å². The Balaban J connectivity index is 1.40. The second-order valence-corrected chi connectivity index (χ2v) is 6.52. The van der Waals surface area contributed by atoms with Crippen LogP contribution in [0.3, 0.4) is 0 Å². The fourth-order valence-electron chi connectivity index (χ4n) is 3.26. The molecule has 2 aromatic heterocycles. The maximum absolute atomic E-state index is 12.5. The Morgan fingerprint density at radius 1 is 1.21 bits per heavy atom. The summed E-state index contributed by atoms with van der Waals surface area (Å²) in [5.41, 5.74) is 2.53. The van der Waals surface area contributed by atoms with E-state index in [0.29, 0.717) is 23.9 Å². The van der Waals surface area contributed by atoms with Crippen molar-refractivity contribution in [3.8, 4) is 5.75 Å². The van der Waals surface area contributed by atoms with Crippen LogP contribution in [0.25, 0.3) is 21.8 Å². The number of H-pyrrole nitrogens is 1. The van der Waals surface area contributed by atoms with E-state index in [1.54, 1.807) is 25.3 Å². The summed E-state index contributed by atoms with van der Waals surface area (Å²) < 4.78 is 6.60. The van der Waals surface area contributed by atoms with E-state index in [1.807, 2.05) is 30.5 Å². The van der Waals surface area contributed by atoms with Gasteiger partial charge in [-0.05, 0) is 42.3 Å². The molecule has 142 valence electrons. The molecule has 4 aromatic rings. The van der Waals surface area contributed by atoms with Gasteiger partial charge in [-0.3, -0.25) is 14.2 Å². The Morgan fingerprint density at radius 3 is 2.93 bits per heavy atom. The minimum Gasteiger partial charge on any atom is -0.497 e. The Morgan fingerprint density at radius 2 is 2.07 bits per heavy atom. The average Bonchev–Trinajstić information content (AvgIpc) is 3.12. The predicted octanol–water partition coefficient (Wildman–Crippen LogP) is 2.25. The normalized spacial score (nSPS) is 11.0. The number of amides is 1. The molecule has 2 N–H and O–H groups in total. The maximum Gasteiger partial charge on any atom is 0.261 e. The zero-order chi connectivity index (χ0) is 19.5. The van der Waals surface area contributed by atoms with E-state index >= 15 is 0 Å². The van der Waals surface area contributed by atoms with Gasteiger partial charge in [0.2, 0.25) is 5.91 Å². The molecular formula is C21H20N4O3. The van der Waals surface area contributed by atoms with E-state index in [-0.39, 0.29) is 18.0 Å². The second-order valence-electron chi connectivity index (χ2n) is 6.52. The Bertz CT molecular complexity index is 1210. The first-order valence-corrected chi connectivity index (χ1v) is 9.00. The van der Waals surface area contributed by atoms with E-state index in [0.717, 1.165) is 22.2 Å². The van der Waals surface area contributed by atoms with Crippen LogP contribution in [0.15, 0.2) is 59.8 Å². The molecule has 4 rings (SSSR count). The van der Waals surface area contributed by atoms with Gasteiger partial charge in [-0.25, -0.2) is 4.98 Å². The van der Waals surface area contributed by atoms with Gasteiger partial charge in [0, 0.05) is 23.6 Å². The van der Waals surface area contributed by atoms with Gasteiger partial charge in [-0.1, -0.05) is 12.1 Å². The highest BCUT2D eigenvalue weighted by atomic mass is 16.5. The fourth-order valence-corrected chi connectivity index (χ4v) is 3.26. The van der Waals surface area contributed by atoms with Crippen LogP contribution in [0, 0.1) is 0 Å². The van der Waals surface area contributed by atoms with Gasteiger partial charge in [0.15, 0.2) is 0 Å². The molecule has 7 heteroatoms. The molecule has 2 heterocycles. The SMILES string of the molecule is COc1ccc2[nH]cc(CCNC(=O)Cn3cnc4ccccc4c3=O)c2c1. The van der Waals surface area contributed by atoms with E-state index in [9.17, 15) is 9.59 Å². The molecular weight excluding hydrogens is 356 g/mol. The van der Waals surface area contributed by atoms with Crippen molar-refractivity contribution in [2.75, 3.05) is 13.7 Å². The third-order valence-electron chi connectivity index (χ3n) is 4.74. The van der Waals surface area contributed by atoms with Crippen LogP contribution in [0.4, 0.5) is 0 Å². The smallest absolute Gasteiger partial charge is 0.261 e. The minimum atomic E-state index is -0.225. The molecule has 0 saturated heterocycles. The van der Waals surface area contributed by atoms with Crippen molar-refractivity contribution >= 4 is 27.7 Å². The van der Waals surface area contributed by atoms with Gasteiger partial charge in [0.05, 0.1) is 24.3 Å². The number of nitrogens with zero attached hydrogens (tertiary/aromatic N) is 2. The van der Waals surface area contributed by atoms with Crippen molar-refractivity contribution in [2.45, 2.75) is 13.0 Å².